The van der Waals surface area contributed by atoms with Gasteiger partial charge in [0.2, 0.25) is 0 Å². The molecule has 0 unspecified atom stereocenters. The third-order valence-corrected chi connectivity index (χ3v) is 3.91. The van der Waals surface area contributed by atoms with Gasteiger partial charge in [-0.25, -0.2) is 0 Å². The predicted octanol–water partition coefficient (Wildman–Crippen LogP) is 4.31. The molecule has 0 saturated heterocycles. The number of aromatic hydroxyl groups is 1. The molecule has 2 aromatic rings. The van der Waals surface area contributed by atoms with E-state index in [1.54, 1.807) is 38.1 Å². The summed E-state index contributed by atoms with van der Waals surface area (Å²) < 4.78 is 0.813. The number of benzene rings is 2. The molecule has 120 valence electrons. The van der Waals surface area contributed by atoms with Crippen LogP contribution in [-0.4, -0.2) is 15.7 Å². The van der Waals surface area contributed by atoms with Gasteiger partial charge < -0.3 is 9.94 Å². The molecule has 0 heterocycles. The van der Waals surface area contributed by atoms with E-state index in [0.717, 1.165) is 21.2 Å². The van der Waals surface area contributed by atoms with E-state index < -0.39 is 4.92 Å². The van der Waals surface area contributed by atoms with Crippen LogP contribution >= 0.6 is 15.9 Å². The van der Waals surface area contributed by atoms with Gasteiger partial charge in [0.25, 0.3) is 5.69 Å². The van der Waals surface area contributed by atoms with Crippen LogP contribution in [0.15, 0.2) is 46.0 Å². The first-order chi connectivity index (χ1) is 10.9. The first kappa shape index (κ1) is 17.0. The lowest BCUT2D eigenvalue weighted by Crippen LogP contribution is -1.99. The Balaban J connectivity index is 2.05. The number of oxime groups is 1. The van der Waals surface area contributed by atoms with Crippen molar-refractivity contribution in [3.05, 3.63) is 67.7 Å². The van der Waals surface area contributed by atoms with E-state index in [9.17, 15) is 15.2 Å². The highest BCUT2D eigenvalue weighted by molar-refractivity contribution is 9.10. The van der Waals surface area contributed by atoms with E-state index in [-0.39, 0.29) is 18.0 Å². The van der Waals surface area contributed by atoms with Gasteiger partial charge >= 0.3 is 0 Å². The molecule has 2 aromatic carbocycles. The Hall–Kier alpha value is -2.41. The zero-order valence-corrected chi connectivity index (χ0v) is 14.2. The third-order valence-electron chi connectivity index (χ3n) is 3.26. The third kappa shape index (κ3) is 4.29. The quantitative estimate of drug-likeness (QED) is 0.477. The maximum atomic E-state index is 10.6. The van der Waals surface area contributed by atoms with Crippen molar-refractivity contribution >= 4 is 27.3 Å². The van der Waals surface area contributed by atoms with Crippen molar-refractivity contribution in [2.75, 3.05) is 0 Å². The normalized spacial score (nSPS) is 11.3. The van der Waals surface area contributed by atoms with Gasteiger partial charge in [-0.1, -0.05) is 21.1 Å². The standard InChI is InChI=1S/C16H15BrN2O4/c1-10-7-15(17)14(8-16(10)20)11(2)18-23-9-12-3-5-13(6-4-12)19(21)22/h3-8,20H,9H2,1-2H3/b18-11+. The van der Waals surface area contributed by atoms with E-state index in [0.29, 0.717) is 5.71 Å². The van der Waals surface area contributed by atoms with Crippen molar-refractivity contribution < 1.29 is 14.9 Å². The maximum Gasteiger partial charge on any atom is 0.269 e. The number of nitro groups is 1. The summed E-state index contributed by atoms with van der Waals surface area (Å²) in [6.45, 7) is 3.77. The van der Waals surface area contributed by atoms with Gasteiger partial charge in [0.05, 0.1) is 10.6 Å². The number of nitrogens with zero attached hydrogens (tertiary/aromatic N) is 2. The molecule has 0 fully saturated rings. The monoisotopic (exact) mass is 378 g/mol. The van der Waals surface area contributed by atoms with Crippen LogP contribution in [0.4, 0.5) is 5.69 Å². The van der Waals surface area contributed by atoms with Crippen LogP contribution in [0.25, 0.3) is 0 Å². The largest absolute Gasteiger partial charge is 0.508 e. The molecule has 0 spiro atoms. The van der Waals surface area contributed by atoms with Gasteiger partial charge in [-0.3, -0.25) is 10.1 Å². The van der Waals surface area contributed by atoms with E-state index in [1.807, 2.05) is 0 Å². The molecule has 0 radical (unpaired) electrons. The molecular weight excluding hydrogens is 364 g/mol. The summed E-state index contributed by atoms with van der Waals surface area (Å²) in [6, 6.07) is 9.51. The molecule has 0 aromatic heterocycles. The van der Waals surface area contributed by atoms with Crippen LogP contribution in [0, 0.1) is 17.0 Å². The zero-order valence-electron chi connectivity index (χ0n) is 12.6. The van der Waals surface area contributed by atoms with Gasteiger partial charge in [-0.2, -0.15) is 0 Å². The molecule has 0 bridgehead atoms. The molecule has 0 saturated carbocycles. The van der Waals surface area contributed by atoms with Gasteiger partial charge in [0.15, 0.2) is 0 Å². The number of hydrogen-bond acceptors (Lipinski definition) is 5. The number of nitro benzene ring substituents is 1. The minimum Gasteiger partial charge on any atom is -0.508 e. The zero-order chi connectivity index (χ0) is 17.0. The van der Waals surface area contributed by atoms with Gasteiger partial charge in [-0.15, -0.1) is 0 Å². The van der Waals surface area contributed by atoms with Crippen molar-refractivity contribution in [2.45, 2.75) is 20.5 Å². The van der Waals surface area contributed by atoms with E-state index >= 15 is 0 Å². The fourth-order valence-corrected chi connectivity index (χ4v) is 2.65. The van der Waals surface area contributed by atoms with Crippen LogP contribution in [0.2, 0.25) is 0 Å². The summed E-state index contributed by atoms with van der Waals surface area (Å²) in [5.74, 6) is 0.188. The minimum absolute atomic E-state index is 0.0347. The summed E-state index contributed by atoms with van der Waals surface area (Å²) >= 11 is 3.43. The lowest BCUT2D eigenvalue weighted by molar-refractivity contribution is -0.384. The number of phenolic OH excluding ortho intramolecular Hbond substituents is 1. The Bertz CT molecular complexity index is 757. The highest BCUT2D eigenvalue weighted by Crippen LogP contribution is 2.26. The van der Waals surface area contributed by atoms with Crippen molar-refractivity contribution in [3.8, 4) is 5.75 Å². The molecular formula is C16H15BrN2O4. The second-order valence-electron chi connectivity index (χ2n) is 4.99. The molecule has 7 heteroatoms. The summed E-state index contributed by atoms with van der Waals surface area (Å²) in [5, 5.41) is 24.4. The molecule has 2 rings (SSSR count). The van der Waals surface area contributed by atoms with Crippen LogP contribution in [0.3, 0.4) is 0 Å². The van der Waals surface area contributed by atoms with Gasteiger partial charge in [-0.05, 0) is 49.2 Å². The SMILES string of the molecule is C/C(=N\OCc1ccc([N+](=O)[O-])cc1)c1cc(O)c(C)cc1Br. The molecule has 0 atom stereocenters. The Morgan fingerprint density at radius 2 is 2.00 bits per heavy atom. The van der Waals surface area contributed by atoms with Crippen LogP contribution < -0.4 is 0 Å². The van der Waals surface area contributed by atoms with Crippen LogP contribution in [0.1, 0.15) is 23.6 Å². The highest BCUT2D eigenvalue weighted by atomic mass is 79.9. The molecule has 0 aliphatic carbocycles. The average molecular weight is 379 g/mol. The Morgan fingerprint density at radius 1 is 1.35 bits per heavy atom. The van der Waals surface area contributed by atoms with Crippen LogP contribution in [0.5, 0.6) is 5.75 Å². The highest BCUT2D eigenvalue weighted by Gasteiger charge is 2.08. The first-order valence-electron chi connectivity index (χ1n) is 6.78. The lowest BCUT2D eigenvalue weighted by Gasteiger charge is -2.07. The molecule has 23 heavy (non-hydrogen) atoms. The molecule has 0 aliphatic rings. The van der Waals surface area contributed by atoms with E-state index in [2.05, 4.69) is 21.1 Å². The summed E-state index contributed by atoms with van der Waals surface area (Å²) in [7, 11) is 0. The second kappa shape index (κ2) is 7.23. The second-order valence-corrected chi connectivity index (χ2v) is 5.85. The molecule has 0 amide bonds. The lowest BCUT2D eigenvalue weighted by atomic mass is 10.1. The summed E-state index contributed by atoms with van der Waals surface area (Å²) in [5.41, 5.74) is 2.91. The topological polar surface area (TPSA) is 85.0 Å². The van der Waals surface area contributed by atoms with Gasteiger partial charge in [0.1, 0.15) is 12.4 Å². The van der Waals surface area contributed by atoms with Crippen molar-refractivity contribution in [1.29, 1.82) is 0 Å². The Labute approximate surface area is 141 Å². The first-order valence-corrected chi connectivity index (χ1v) is 7.57. The number of non-ortho nitro benzene ring substituents is 1. The number of hydrogen-bond donors (Lipinski definition) is 1. The Kier molecular flexibility index (Phi) is 5.33. The summed E-state index contributed by atoms with van der Waals surface area (Å²) in [4.78, 5) is 15.4. The minimum atomic E-state index is -0.450. The summed E-state index contributed by atoms with van der Waals surface area (Å²) in [6.07, 6.45) is 0. The fraction of sp³-hybridized carbons (Fsp3) is 0.188. The van der Waals surface area contributed by atoms with Crippen molar-refractivity contribution in [3.63, 3.8) is 0 Å². The predicted molar refractivity (Wildman–Crippen MR) is 90.6 cm³/mol. The number of aryl methyl sites for hydroxylation is 1. The number of phenols is 1. The van der Waals surface area contributed by atoms with Crippen molar-refractivity contribution in [2.24, 2.45) is 5.16 Å². The smallest absolute Gasteiger partial charge is 0.269 e. The molecule has 0 aliphatic heterocycles. The van der Waals surface area contributed by atoms with Crippen molar-refractivity contribution in [1.82, 2.24) is 0 Å². The van der Waals surface area contributed by atoms with Crippen LogP contribution in [-0.2, 0) is 11.4 Å². The van der Waals surface area contributed by atoms with Gasteiger partial charge in [0, 0.05) is 22.2 Å². The number of halogens is 1. The fourth-order valence-electron chi connectivity index (χ4n) is 1.91. The van der Waals surface area contributed by atoms with E-state index in [1.165, 1.54) is 12.1 Å². The number of rotatable bonds is 5. The Morgan fingerprint density at radius 3 is 2.61 bits per heavy atom. The average Bonchev–Trinajstić information content (AvgIpc) is 2.51. The maximum absolute atomic E-state index is 10.6. The molecule has 6 nitrogen and oxygen atoms in total. The molecule has 1 N–H and O–H groups in total. The van der Waals surface area contributed by atoms with E-state index in [4.69, 9.17) is 4.84 Å².